The van der Waals surface area contributed by atoms with Gasteiger partial charge in [-0.1, -0.05) is 39.0 Å². The molecule has 3 heteroatoms. The van der Waals surface area contributed by atoms with E-state index in [0.29, 0.717) is 0 Å². The van der Waals surface area contributed by atoms with Gasteiger partial charge in [0.1, 0.15) is 0 Å². The maximum absolute atomic E-state index is 5.11. The molecule has 1 fully saturated rings. The highest BCUT2D eigenvalue weighted by Crippen LogP contribution is 2.08. The summed E-state index contributed by atoms with van der Waals surface area (Å²) in [5, 5.41) is 0. The summed E-state index contributed by atoms with van der Waals surface area (Å²) in [4.78, 5) is 5.23. The van der Waals surface area contributed by atoms with Crippen molar-refractivity contribution in [3.05, 3.63) is 0 Å². The summed E-state index contributed by atoms with van der Waals surface area (Å²) in [7, 11) is 1.79. The Hall–Kier alpha value is -0.120. The molecule has 0 radical (unpaired) electrons. The minimum Gasteiger partial charge on any atom is -0.385 e. The SMILES string of the molecule is CCCCCCCCN1CCN(CCCOC)CC1. The molecule has 1 heterocycles. The van der Waals surface area contributed by atoms with Crippen LogP contribution in [-0.2, 0) is 4.74 Å². The molecule has 0 N–H and O–H groups in total. The van der Waals surface area contributed by atoms with Crippen LogP contribution in [0.4, 0.5) is 0 Å². The molecular weight excluding hydrogens is 236 g/mol. The van der Waals surface area contributed by atoms with E-state index in [1.165, 1.54) is 84.2 Å². The number of ether oxygens (including phenoxy) is 1. The Morgan fingerprint density at radius 2 is 1.26 bits per heavy atom. The molecule has 0 aromatic rings. The summed E-state index contributed by atoms with van der Waals surface area (Å²) < 4.78 is 5.11. The molecule has 0 aromatic carbocycles. The summed E-state index contributed by atoms with van der Waals surface area (Å²) in [6.07, 6.45) is 9.63. The lowest BCUT2D eigenvalue weighted by atomic mass is 10.1. The number of piperazine rings is 1. The quantitative estimate of drug-likeness (QED) is 0.537. The van der Waals surface area contributed by atoms with E-state index in [1.807, 2.05) is 0 Å². The van der Waals surface area contributed by atoms with Crippen LogP contribution in [0.5, 0.6) is 0 Å². The number of methoxy groups -OCH3 is 1. The van der Waals surface area contributed by atoms with Crippen LogP contribution in [0.1, 0.15) is 51.9 Å². The van der Waals surface area contributed by atoms with Gasteiger partial charge in [0.15, 0.2) is 0 Å². The molecule has 3 nitrogen and oxygen atoms in total. The molecule has 19 heavy (non-hydrogen) atoms. The van der Waals surface area contributed by atoms with Crippen molar-refractivity contribution < 1.29 is 4.74 Å². The number of rotatable bonds is 11. The fourth-order valence-corrected chi connectivity index (χ4v) is 2.78. The summed E-state index contributed by atoms with van der Waals surface area (Å²) in [6, 6.07) is 0. The normalized spacial score (nSPS) is 18.0. The second kappa shape index (κ2) is 11.7. The predicted molar refractivity (Wildman–Crippen MR) is 82.7 cm³/mol. The number of unbranched alkanes of at least 4 members (excludes halogenated alkanes) is 5. The maximum atomic E-state index is 5.11. The van der Waals surface area contributed by atoms with E-state index in [9.17, 15) is 0 Å². The van der Waals surface area contributed by atoms with Gasteiger partial charge in [0.25, 0.3) is 0 Å². The second-order valence-electron chi connectivity index (χ2n) is 5.80. The third kappa shape index (κ3) is 8.61. The summed E-state index contributed by atoms with van der Waals surface area (Å²) in [6.45, 7) is 10.7. The van der Waals surface area contributed by atoms with Crippen molar-refractivity contribution >= 4 is 0 Å². The Morgan fingerprint density at radius 3 is 1.84 bits per heavy atom. The minimum atomic E-state index is 0.901. The van der Waals surface area contributed by atoms with Crippen molar-refractivity contribution in [2.75, 3.05) is 53.0 Å². The van der Waals surface area contributed by atoms with Crippen molar-refractivity contribution in [1.29, 1.82) is 0 Å². The molecule has 0 aromatic heterocycles. The number of nitrogens with zero attached hydrogens (tertiary/aromatic N) is 2. The smallest absolute Gasteiger partial charge is 0.0474 e. The number of hydrogen-bond acceptors (Lipinski definition) is 3. The van der Waals surface area contributed by atoms with Gasteiger partial charge in [-0.3, -0.25) is 0 Å². The standard InChI is InChI=1S/C16H34N2O/c1-3-4-5-6-7-8-10-17-12-14-18(15-13-17)11-9-16-19-2/h3-16H2,1-2H3. The predicted octanol–water partition coefficient (Wildman–Crippen LogP) is 3.00. The van der Waals surface area contributed by atoms with Gasteiger partial charge in [-0.25, -0.2) is 0 Å². The lowest BCUT2D eigenvalue weighted by Crippen LogP contribution is -2.46. The van der Waals surface area contributed by atoms with Crippen LogP contribution < -0.4 is 0 Å². The first kappa shape index (κ1) is 16.9. The molecule has 1 aliphatic rings. The highest BCUT2D eigenvalue weighted by Gasteiger charge is 2.15. The zero-order valence-electron chi connectivity index (χ0n) is 13.2. The Balaban J connectivity index is 1.92. The van der Waals surface area contributed by atoms with Crippen LogP contribution in [0, 0.1) is 0 Å². The van der Waals surface area contributed by atoms with Crippen LogP contribution in [0.25, 0.3) is 0 Å². The van der Waals surface area contributed by atoms with Gasteiger partial charge >= 0.3 is 0 Å². The third-order valence-electron chi connectivity index (χ3n) is 4.12. The fourth-order valence-electron chi connectivity index (χ4n) is 2.78. The van der Waals surface area contributed by atoms with Crippen molar-refractivity contribution in [2.24, 2.45) is 0 Å². The first-order chi connectivity index (χ1) is 9.36. The van der Waals surface area contributed by atoms with Gasteiger partial charge in [-0.2, -0.15) is 0 Å². The summed E-state index contributed by atoms with van der Waals surface area (Å²) in [5.74, 6) is 0. The molecule has 0 unspecified atom stereocenters. The molecule has 1 rings (SSSR count). The molecule has 0 atom stereocenters. The van der Waals surface area contributed by atoms with E-state index in [1.54, 1.807) is 7.11 Å². The molecule has 0 aliphatic carbocycles. The molecule has 1 aliphatic heterocycles. The molecule has 114 valence electrons. The van der Waals surface area contributed by atoms with Crippen LogP contribution in [0.2, 0.25) is 0 Å². The van der Waals surface area contributed by atoms with E-state index >= 15 is 0 Å². The number of hydrogen-bond donors (Lipinski definition) is 0. The first-order valence-corrected chi connectivity index (χ1v) is 8.30. The Bertz CT molecular complexity index is 188. The molecule has 1 saturated heterocycles. The summed E-state index contributed by atoms with van der Waals surface area (Å²) >= 11 is 0. The highest BCUT2D eigenvalue weighted by molar-refractivity contribution is 4.71. The molecule has 0 spiro atoms. The molecule has 0 saturated carbocycles. The van der Waals surface area contributed by atoms with Gasteiger partial charge in [-0.05, 0) is 19.4 Å². The van der Waals surface area contributed by atoms with Crippen molar-refractivity contribution in [3.63, 3.8) is 0 Å². The van der Waals surface area contributed by atoms with Gasteiger partial charge < -0.3 is 14.5 Å². The zero-order valence-corrected chi connectivity index (χ0v) is 13.2. The van der Waals surface area contributed by atoms with E-state index in [0.717, 1.165) is 6.61 Å². The van der Waals surface area contributed by atoms with E-state index in [4.69, 9.17) is 4.74 Å². The Morgan fingerprint density at radius 1 is 0.737 bits per heavy atom. The lowest BCUT2D eigenvalue weighted by molar-refractivity contribution is 0.115. The Kier molecular flexibility index (Phi) is 10.4. The second-order valence-corrected chi connectivity index (χ2v) is 5.80. The third-order valence-corrected chi connectivity index (χ3v) is 4.12. The highest BCUT2D eigenvalue weighted by atomic mass is 16.5. The average molecular weight is 270 g/mol. The van der Waals surface area contributed by atoms with Crippen LogP contribution in [0.3, 0.4) is 0 Å². The lowest BCUT2D eigenvalue weighted by Gasteiger charge is -2.34. The van der Waals surface area contributed by atoms with Gasteiger partial charge in [-0.15, -0.1) is 0 Å². The minimum absolute atomic E-state index is 0.901. The first-order valence-electron chi connectivity index (χ1n) is 8.30. The monoisotopic (exact) mass is 270 g/mol. The molecule has 0 bridgehead atoms. The van der Waals surface area contributed by atoms with Crippen molar-refractivity contribution in [3.8, 4) is 0 Å². The fraction of sp³-hybridized carbons (Fsp3) is 1.00. The topological polar surface area (TPSA) is 15.7 Å². The average Bonchev–Trinajstić information content (AvgIpc) is 2.44. The molecule has 0 amide bonds. The van der Waals surface area contributed by atoms with Crippen LogP contribution >= 0.6 is 0 Å². The van der Waals surface area contributed by atoms with E-state index in [-0.39, 0.29) is 0 Å². The largest absolute Gasteiger partial charge is 0.385 e. The Labute approximate surface area is 120 Å². The van der Waals surface area contributed by atoms with Crippen molar-refractivity contribution in [1.82, 2.24) is 9.80 Å². The van der Waals surface area contributed by atoms with Crippen LogP contribution in [-0.4, -0.2) is 62.8 Å². The van der Waals surface area contributed by atoms with Gasteiger partial charge in [0, 0.05) is 46.4 Å². The van der Waals surface area contributed by atoms with Crippen LogP contribution in [0.15, 0.2) is 0 Å². The maximum Gasteiger partial charge on any atom is 0.0474 e. The van der Waals surface area contributed by atoms with E-state index in [2.05, 4.69) is 16.7 Å². The summed E-state index contributed by atoms with van der Waals surface area (Å²) in [5.41, 5.74) is 0. The van der Waals surface area contributed by atoms with E-state index < -0.39 is 0 Å². The molecular formula is C16H34N2O. The van der Waals surface area contributed by atoms with Gasteiger partial charge in [0.05, 0.1) is 0 Å². The van der Waals surface area contributed by atoms with Gasteiger partial charge in [0.2, 0.25) is 0 Å². The zero-order chi connectivity index (χ0) is 13.8. The van der Waals surface area contributed by atoms with Crippen molar-refractivity contribution in [2.45, 2.75) is 51.9 Å².